The van der Waals surface area contributed by atoms with Gasteiger partial charge in [0.05, 0.1) is 11.6 Å². The lowest BCUT2D eigenvalue weighted by molar-refractivity contribution is 0.0306. The summed E-state index contributed by atoms with van der Waals surface area (Å²) in [6.07, 6.45) is -1.82. The monoisotopic (exact) mass is 223 g/mol. The number of oxazole rings is 1. The third-order valence-corrected chi connectivity index (χ3v) is 2.61. The lowest BCUT2D eigenvalue weighted by atomic mass is 10.1. The molecule has 1 aromatic carbocycles. The second-order valence-corrected chi connectivity index (χ2v) is 3.84. The zero-order valence-electron chi connectivity index (χ0n) is 9.04. The lowest BCUT2D eigenvalue weighted by Crippen LogP contribution is -2.14. The summed E-state index contributed by atoms with van der Waals surface area (Å²) in [5.74, 6) is -0.446. The smallest absolute Gasteiger partial charge is 0.408 e. The van der Waals surface area contributed by atoms with Crippen molar-refractivity contribution in [3.8, 4) is 0 Å². The van der Waals surface area contributed by atoms with E-state index in [2.05, 4.69) is 0 Å². The van der Waals surface area contributed by atoms with Crippen LogP contribution in [0.15, 0.2) is 27.4 Å². The van der Waals surface area contributed by atoms with Crippen molar-refractivity contribution in [3.05, 3.63) is 34.3 Å². The number of benzene rings is 1. The fourth-order valence-corrected chi connectivity index (χ4v) is 1.61. The fourth-order valence-electron chi connectivity index (χ4n) is 1.61. The molecule has 2 aromatic rings. The highest BCUT2D eigenvalue weighted by Crippen LogP contribution is 2.21. The minimum absolute atomic E-state index is 0.446. The fraction of sp³-hybridized carbons (Fsp3) is 0.364. The molecule has 0 fully saturated rings. The summed E-state index contributed by atoms with van der Waals surface area (Å²) in [5, 5.41) is 19.0. The Morgan fingerprint density at radius 1 is 1.38 bits per heavy atom. The summed E-state index contributed by atoms with van der Waals surface area (Å²) in [6, 6.07) is 4.87. The highest BCUT2D eigenvalue weighted by atomic mass is 16.4. The van der Waals surface area contributed by atoms with Crippen LogP contribution in [0.3, 0.4) is 0 Å². The normalized spacial score (nSPS) is 15.2. The van der Waals surface area contributed by atoms with Gasteiger partial charge in [0.2, 0.25) is 0 Å². The van der Waals surface area contributed by atoms with Gasteiger partial charge >= 0.3 is 5.76 Å². The Labute approximate surface area is 91.5 Å². The van der Waals surface area contributed by atoms with Crippen LogP contribution < -0.4 is 5.76 Å². The van der Waals surface area contributed by atoms with Crippen LogP contribution in [0, 0.1) is 0 Å². The maximum absolute atomic E-state index is 11.2. The van der Waals surface area contributed by atoms with Gasteiger partial charge in [0.1, 0.15) is 6.10 Å². The van der Waals surface area contributed by atoms with E-state index >= 15 is 0 Å². The predicted octanol–water partition coefficient (Wildman–Crippen LogP) is 0.546. The van der Waals surface area contributed by atoms with Crippen molar-refractivity contribution >= 4 is 11.1 Å². The highest BCUT2D eigenvalue weighted by molar-refractivity contribution is 5.73. The van der Waals surface area contributed by atoms with Crippen LogP contribution in [0.2, 0.25) is 0 Å². The summed E-state index contributed by atoms with van der Waals surface area (Å²) in [7, 11) is 1.59. The molecule has 86 valence electrons. The number of aromatic nitrogens is 1. The second kappa shape index (κ2) is 3.77. The van der Waals surface area contributed by atoms with E-state index in [1.54, 1.807) is 25.2 Å². The van der Waals surface area contributed by atoms with Gasteiger partial charge in [0.15, 0.2) is 5.58 Å². The first kappa shape index (κ1) is 10.9. The molecule has 0 radical (unpaired) electrons. The molecule has 2 unspecified atom stereocenters. The highest BCUT2D eigenvalue weighted by Gasteiger charge is 2.15. The van der Waals surface area contributed by atoms with E-state index in [1.807, 2.05) is 0 Å². The third-order valence-electron chi connectivity index (χ3n) is 2.61. The van der Waals surface area contributed by atoms with E-state index < -0.39 is 18.0 Å². The van der Waals surface area contributed by atoms with Gasteiger partial charge in [-0.25, -0.2) is 4.79 Å². The molecule has 5 nitrogen and oxygen atoms in total. The molecule has 0 amide bonds. The molecular weight excluding hydrogens is 210 g/mol. The van der Waals surface area contributed by atoms with E-state index in [0.717, 1.165) is 0 Å². The number of rotatable bonds is 2. The molecule has 0 bridgehead atoms. The van der Waals surface area contributed by atoms with Gasteiger partial charge < -0.3 is 14.6 Å². The number of aliphatic hydroxyl groups is 2. The molecule has 1 heterocycles. The number of fused-ring (bicyclic) bond motifs is 1. The minimum Gasteiger partial charge on any atom is -0.408 e. The Hall–Kier alpha value is -1.59. The molecule has 2 rings (SSSR count). The summed E-state index contributed by atoms with van der Waals surface area (Å²) in [5.41, 5.74) is 1.62. The maximum atomic E-state index is 11.2. The van der Waals surface area contributed by atoms with E-state index in [-0.39, 0.29) is 0 Å². The summed E-state index contributed by atoms with van der Waals surface area (Å²) < 4.78 is 6.31. The molecule has 0 aliphatic carbocycles. The van der Waals surface area contributed by atoms with Crippen LogP contribution >= 0.6 is 0 Å². The molecule has 0 saturated carbocycles. The van der Waals surface area contributed by atoms with Crippen LogP contribution in [-0.4, -0.2) is 20.9 Å². The molecule has 0 aliphatic rings. The van der Waals surface area contributed by atoms with Crippen molar-refractivity contribution in [3.63, 3.8) is 0 Å². The predicted molar refractivity (Wildman–Crippen MR) is 58.1 cm³/mol. The average Bonchev–Trinajstić information content (AvgIpc) is 2.53. The average molecular weight is 223 g/mol. The number of aliphatic hydroxyl groups excluding tert-OH is 2. The zero-order valence-corrected chi connectivity index (χ0v) is 9.04. The third kappa shape index (κ3) is 1.64. The molecular formula is C11H13NO4. The summed E-state index contributed by atoms with van der Waals surface area (Å²) in [6.45, 7) is 1.50. The van der Waals surface area contributed by atoms with Gasteiger partial charge in [0.25, 0.3) is 0 Å². The first-order chi connectivity index (χ1) is 7.50. The van der Waals surface area contributed by atoms with E-state index in [0.29, 0.717) is 16.7 Å². The van der Waals surface area contributed by atoms with Crippen molar-refractivity contribution in [2.24, 2.45) is 7.05 Å². The van der Waals surface area contributed by atoms with Crippen LogP contribution in [0.25, 0.3) is 11.1 Å². The summed E-state index contributed by atoms with van der Waals surface area (Å²) in [4.78, 5) is 11.2. The quantitative estimate of drug-likeness (QED) is 0.779. The molecule has 0 spiro atoms. The Balaban J connectivity index is 2.59. The van der Waals surface area contributed by atoms with E-state index in [9.17, 15) is 15.0 Å². The number of aryl methyl sites for hydroxylation is 1. The summed E-state index contributed by atoms with van der Waals surface area (Å²) >= 11 is 0. The zero-order chi connectivity index (χ0) is 11.9. The topological polar surface area (TPSA) is 75.6 Å². The number of hydrogen-bond acceptors (Lipinski definition) is 4. The van der Waals surface area contributed by atoms with Crippen molar-refractivity contribution in [1.82, 2.24) is 4.57 Å². The van der Waals surface area contributed by atoms with Gasteiger partial charge in [-0.15, -0.1) is 0 Å². The Kier molecular flexibility index (Phi) is 2.57. The van der Waals surface area contributed by atoms with Crippen molar-refractivity contribution in [2.75, 3.05) is 0 Å². The maximum Gasteiger partial charge on any atom is 0.419 e. The first-order valence-electron chi connectivity index (χ1n) is 4.96. The van der Waals surface area contributed by atoms with Gasteiger partial charge in [-0.3, -0.25) is 4.57 Å². The van der Waals surface area contributed by atoms with Crippen LogP contribution in [0.4, 0.5) is 0 Å². The first-order valence-corrected chi connectivity index (χ1v) is 4.96. The lowest BCUT2D eigenvalue weighted by Gasteiger charge is -2.13. The Bertz CT molecular complexity index is 567. The number of nitrogens with zero attached hydrogens (tertiary/aromatic N) is 1. The van der Waals surface area contributed by atoms with Crippen molar-refractivity contribution < 1.29 is 14.6 Å². The standard InChI is InChI=1S/C11H13NO4/c1-6(13)10(14)7-3-4-9-8(5-7)12(2)11(15)16-9/h3-6,10,13-14H,1-2H3. The van der Waals surface area contributed by atoms with Crippen molar-refractivity contribution in [1.29, 1.82) is 0 Å². The van der Waals surface area contributed by atoms with Gasteiger partial charge in [-0.2, -0.15) is 0 Å². The Morgan fingerprint density at radius 3 is 2.69 bits per heavy atom. The Morgan fingerprint density at radius 2 is 2.06 bits per heavy atom. The molecule has 0 saturated heterocycles. The largest absolute Gasteiger partial charge is 0.419 e. The van der Waals surface area contributed by atoms with Gasteiger partial charge in [0, 0.05) is 7.05 Å². The number of hydrogen-bond donors (Lipinski definition) is 2. The molecule has 16 heavy (non-hydrogen) atoms. The SMILES string of the molecule is CC(O)C(O)c1ccc2oc(=O)n(C)c2c1. The van der Waals surface area contributed by atoms with E-state index in [4.69, 9.17) is 4.42 Å². The van der Waals surface area contributed by atoms with Gasteiger partial charge in [-0.05, 0) is 24.6 Å². The minimum atomic E-state index is -0.964. The van der Waals surface area contributed by atoms with E-state index in [1.165, 1.54) is 11.5 Å². The molecule has 5 heteroatoms. The van der Waals surface area contributed by atoms with Crippen LogP contribution in [0.1, 0.15) is 18.6 Å². The van der Waals surface area contributed by atoms with Crippen LogP contribution in [0.5, 0.6) is 0 Å². The van der Waals surface area contributed by atoms with Gasteiger partial charge in [-0.1, -0.05) is 6.07 Å². The van der Waals surface area contributed by atoms with Crippen LogP contribution in [-0.2, 0) is 7.05 Å². The molecule has 2 N–H and O–H groups in total. The molecule has 2 atom stereocenters. The second-order valence-electron chi connectivity index (χ2n) is 3.84. The molecule has 1 aromatic heterocycles. The van der Waals surface area contributed by atoms with Crippen molar-refractivity contribution in [2.45, 2.75) is 19.1 Å². The molecule has 0 aliphatic heterocycles.